The van der Waals surface area contributed by atoms with E-state index >= 15 is 0 Å². The second-order valence-electron chi connectivity index (χ2n) is 11.3. The summed E-state index contributed by atoms with van der Waals surface area (Å²) in [6.45, 7) is 3.00. The molecule has 1 amide bonds. The zero-order valence-corrected chi connectivity index (χ0v) is 21.3. The highest BCUT2D eigenvalue weighted by atomic mass is 19.3. The van der Waals surface area contributed by atoms with Gasteiger partial charge in [-0.2, -0.15) is 5.10 Å². The number of aliphatic hydroxyl groups is 1. The summed E-state index contributed by atoms with van der Waals surface area (Å²) in [5, 5.41) is 17.3. The fourth-order valence-electron chi connectivity index (χ4n) is 6.00. The number of hydrogen-bond acceptors (Lipinski definition) is 7. The molecule has 4 aromatic heterocycles. The van der Waals surface area contributed by atoms with E-state index in [9.17, 15) is 18.7 Å². The summed E-state index contributed by atoms with van der Waals surface area (Å²) in [5.41, 5.74) is 2.86. The third-order valence-corrected chi connectivity index (χ3v) is 8.25. The Bertz CT molecular complexity index is 1590. The topological polar surface area (TPSA) is 109 Å². The summed E-state index contributed by atoms with van der Waals surface area (Å²) in [6.07, 6.45) is 8.58. The molecule has 0 aromatic carbocycles. The Hall–Kier alpha value is -3.99. The lowest BCUT2D eigenvalue weighted by Crippen LogP contribution is -2.70. The fourth-order valence-corrected chi connectivity index (χ4v) is 6.00. The number of alkyl halides is 2. The van der Waals surface area contributed by atoms with Crippen LogP contribution in [0.15, 0.2) is 49.2 Å². The predicted octanol–water partition coefficient (Wildman–Crippen LogP) is 4.22. The van der Waals surface area contributed by atoms with E-state index in [-0.39, 0.29) is 24.2 Å². The molecule has 2 N–H and O–H groups in total. The third kappa shape index (κ3) is 4.12. The number of carbonyl (C=O) groups excluding carboxylic acids is 1. The predicted molar refractivity (Wildman–Crippen MR) is 140 cm³/mol. The molecule has 200 valence electrons. The largest absolute Gasteiger partial charge is 0.384 e. The van der Waals surface area contributed by atoms with E-state index in [1.165, 1.54) is 19.0 Å². The van der Waals surface area contributed by atoms with E-state index in [1.54, 1.807) is 16.9 Å². The molecule has 11 heteroatoms. The summed E-state index contributed by atoms with van der Waals surface area (Å²) in [6, 6.07) is 5.59. The van der Waals surface area contributed by atoms with Crippen LogP contribution in [-0.4, -0.2) is 60.7 Å². The van der Waals surface area contributed by atoms with Crippen LogP contribution in [0.4, 0.5) is 20.2 Å². The first-order valence-corrected chi connectivity index (χ1v) is 13.1. The number of anilines is 2. The van der Waals surface area contributed by atoms with Gasteiger partial charge in [0.05, 0.1) is 28.7 Å². The van der Waals surface area contributed by atoms with Crippen LogP contribution in [0.5, 0.6) is 0 Å². The van der Waals surface area contributed by atoms with Gasteiger partial charge in [0.1, 0.15) is 5.60 Å². The molecule has 4 aromatic rings. The molecule has 0 bridgehead atoms. The van der Waals surface area contributed by atoms with Crippen LogP contribution in [0.25, 0.3) is 16.9 Å². The van der Waals surface area contributed by atoms with Crippen molar-refractivity contribution in [1.82, 2.24) is 24.6 Å². The molecular formula is C28H27F2N7O2. The smallest absolute Gasteiger partial charge is 0.266 e. The van der Waals surface area contributed by atoms with E-state index < -0.39 is 12.0 Å². The number of rotatable bonds is 6. The Labute approximate surface area is 222 Å². The summed E-state index contributed by atoms with van der Waals surface area (Å²) in [7, 11) is 0. The standard InChI is InChI=1S/C28H27F2N7O2/c1-16-22(6-18(8-31-16)24-32-9-19(10-33-24)17-2-3-17)35-25(38)21-11-34-37-5-4-20(7-23(21)37)36-14-27(15-36)12-28(39,13-27)26(29)30/h4-11,17,26,39H,2-3,12-15H2,1H3,(H,35,38). The van der Waals surface area contributed by atoms with Crippen molar-refractivity contribution in [3.05, 3.63) is 66.0 Å². The van der Waals surface area contributed by atoms with Gasteiger partial charge in [0, 0.05) is 54.5 Å². The van der Waals surface area contributed by atoms with Crippen LogP contribution in [0.2, 0.25) is 0 Å². The van der Waals surface area contributed by atoms with Gasteiger partial charge in [-0.25, -0.2) is 23.3 Å². The summed E-state index contributed by atoms with van der Waals surface area (Å²) < 4.78 is 27.7. The number of pyridine rings is 2. The molecule has 0 atom stereocenters. The van der Waals surface area contributed by atoms with Crippen LogP contribution in [0.1, 0.15) is 53.2 Å². The molecule has 39 heavy (non-hydrogen) atoms. The molecule has 3 aliphatic rings. The number of aryl methyl sites for hydroxylation is 1. The van der Waals surface area contributed by atoms with Gasteiger partial charge < -0.3 is 15.3 Å². The van der Waals surface area contributed by atoms with Gasteiger partial charge in [-0.05, 0) is 62.3 Å². The summed E-state index contributed by atoms with van der Waals surface area (Å²) in [5.74, 6) is 0.798. The number of fused-ring (bicyclic) bond motifs is 1. The summed E-state index contributed by atoms with van der Waals surface area (Å²) >= 11 is 0. The van der Waals surface area contributed by atoms with E-state index in [1.807, 2.05) is 37.5 Å². The molecule has 1 saturated heterocycles. The van der Waals surface area contributed by atoms with Crippen molar-refractivity contribution in [3.63, 3.8) is 0 Å². The minimum absolute atomic E-state index is 0.110. The van der Waals surface area contributed by atoms with E-state index in [2.05, 4.69) is 30.3 Å². The molecule has 7 rings (SSSR count). The van der Waals surface area contributed by atoms with Crippen molar-refractivity contribution in [2.75, 3.05) is 23.3 Å². The minimum Gasteiger partial charge on any atom is -0.384 e. The van der Waals surface area contributed by atoms with Gasteiger partial charge in [-0.15, -0.1) is 0 Å². The van der Waals surface area contributed by atoms with E-state index in [0.717, 1.165) is 11.3 Å². The molecule has 0 unspecified atom stereocenters. The van der Waals surface area contributed by atoms with Gasteiger partial charge in [-0.1, -0.05) is 0 Å². The van der Waals surface area contributed by atoms with Crippen molar-refractivity contribution in [1.29, 1.82) is 0 Å². The first-order valence-electron chi connectivity index (χ1n) is 13.1. The van der Waals surface area contributed by atoms with Crippen LogP contribution >= 0.6 is 0 Å². The molecule has 3 fully saturated rings. The average molecular weight is 532 g/mol. The lowest BCUT2D eigenvalue weighted by atomic mass is 9.55. The average Bonchev–Trinajstić information content (AvgIpc) is 3.65. The van der Waals surface area contributed by atoms with E-state index in [0.29, 0.717) is 52.9 Å². The lowest BCUT2D eigenvalue weighted by molar-refractivity contribution is -0.209. The highest BCUT2D eigenvalue weighted by molar-refractivity contribution is 6.09. The first kappa shape index (κ1) is 24.1. The summed E-state index contributed by atoms with van der Waals surface area (Å²) in [4.78, 5) is 28.8. The molecular weight excluding hydrogens is 504 g/mol. The van der Waals surface area contributed by atoms with Gasteiger partial charge in [0.2, 0.25) is 0 Å². The molecule has 0 radical (unpaired) electrons. The normalized spacial score (nSPS) is 19.3. The van der Waals surface area contributed by atoms with Gasteiger partial charge in [0.15, 0.2) is 5.82 Å². The Balaban J connectivity index is 1.08. The second-order valence-corrected chi connectivity index (χ2v) is 11.3. The second kappa shape index (κ2) is 8.51. The molecule has 5 heterocycles. The quantitative estimate of drug-likeness (QED) is 0.384. The van der Waals surface area contributed by atoms with Crippen LogP contribution in [0.3, 0.4) is 0 Å². The van der Waals surface area contributed by atoms with Crippen molar-refractivity contribution in [2.45, 2.75) is 50.6 Å². The Morgan fingerprint density at radius 2 is 1.85 bits per heavy atom. The molecule has 1 aliphatic heterocycles. The number of carbonyl (C=O) groups is 1. The number of halogens is 2. The number of amides is 1. The number of aromatic nitrogens is 5. The zero-order chi connectivity index (χ0) is 26.9. The SMILES string of the molecule is Cc1ncc(-c2ncc(C3CC3)cn2)cc1NC(=O)c1cnn2ccc(N3CC4(C3)CC(O)(C(F)F)C4)cc12. The Kier molecular flexibility index (Phi) is 5.25. The monoisotopic (exact) mass is 531 g/mol. The van der Waals surface area contributed by atoms with Gasteiger partial charge >= 0.3 is 0 Å². The first-order chi connectivity index (χ1) is 18.7. The highest BCUT2D eigenvalue weighted by Gasteiger charge is 2.63. The molecule has 9 nitrogen and oxygen atoms in total. The highest BCUT2D eigenvalue weighted by Crippen LogP contribution is 2.56. The number of hydrogen-bond donors (Lipinski definition) is 2. The Morgan fingerprint density at radius 1 is 1.10 bits per heavy atom. The van der Waals surface area contributed by atoms with Gasteiger partial charge in [-0.3, -0.25) is 9.78 Å². The van der Waals surface area contributed by atoms with Crippen molar-refractivity contribution in [2.24, 2.45) is 5.41 Å². The molecule has 1 spiro atoms. The third-order valence-electron chi connectivity index (χ3n) is 8.25. The minimum atomic E-state index is -2.72. The Morgan fingerprint density at radius 3 is 2.54 bits per heavy atom. The maximum Gasteiger partial charge on any atom is 0.266 e. The lowest BCUT2D eigenvalue weighted by Gasteiger charge is -2.62. The maximum absolute atomic E-state index is 13.3. The van der Waals surface area contributed by atoms with E-state index in [4.69, 9.17) is 0 Å². The van der Waals surface area contributed by atoms with Crippen molar-refractivity contribution < 1.29 is 18.7 Å². The van der Waals surface area contributed by atoms with Crippen molar-refractivity contribution >= 4 is 22.8 Å². The van der Waals surface area contributed by atoms with Gasteiger partial charge in [0.25, 0.3) is 12.3 Å². The van der Waals surface area contributed by atoms with Crippen LogP contribution in [-0.2, 0) is 0 Å². The number of nitrogens with one attached hydrogen (secondary N) is 1. The van der Waals surface area contributed by atoms with Crippen molar-refractivity contribution in [3.8, 4) is 11.4 Å². The number of nitrogens with zero attached hydrogens (tertiary/aromatic N) is 6. The van der Waals surface area contributed by atoms with Crippen LogP contribution in [0, 0.1) is 12.3 Å². The molecule has 2 aliphatic carbocycles. The fraction of sp³-hybridized carbons (Fsp3) is 0.393. The molecule has 2 saturated carbocycles. The zero-order valence-electron chi connectivity index (χ0n) is 21.3. The van der Waals surface area contributed by atoms with Crippen LogP contribution < -0.4 is 10.2 Å². The maximum atomic E-state index is 13.3.